The maximum absolute atomic E-state index is 14.5. The zero-order valence-electron chi connectivity index (χ0n) is 38.4. The standard InChI is InChI=1S/C47H74O17/c1-22-30(51)33(54)36(57)39(60-22)64-37-34(55)31(52)23(18-48)61-40(37)62-24-19-58-38(35(56)32(24)53)63-29-10-11-43(5)25(41(29,2)3)8-12-44(6)26(43)9-13-47-27-16-42(4,20-49)14-15-46(27,21-59-47)28(50)17-45(44,47)7/h20,22-27,29-40,48,51-57H,8-19,21H2,1-7H3/t22-,23+,24-,25-,26+,27+,29-,30-,31+,32-,33+,34-,35+,36+,37+,38-,39-,40-,42-,43-,44+,45-,46+,47-/m0/s1. The Labute approximate surface area is 375 Å². The molecule has 0 unspecified atom stereocenters. The summed E-state index contributed by atoms with van der Waals surface area (Å²) in [4.78, 5) is 27.0. The topological polar surface area (TPSA) is 261 Å². The molecule has 24 atom stereocenters. The van der Waals surface area contributed by atoms with Crippen LogP contribution in [0.5, 0.6) is 0 Å². The van der Waals surface area contributed by atoms with E-state index in [0.29, 0.717) is 44.0 Å². The largest absolute Gasteiger partial charge is 0.394 e. The number of ketones is 1. The summed E-state index contributed by atoms with van der Waals surface area (Å²) in [6, 6.07) is 0. The number of Topliss-reactive ketones (excluding diaryl/α,β-unsaturated/α-hetero) is 1. The number of hydrogen-bond acceptors (Lipinski definition) is 17. The van der Waals surface area contributed by atoms with Gasteiger partial charge in [0, 0.05) is 23.2 Å². The van der Waals surface area contributed by atoms with Gasteiger partial charge in [0.25, 0.3) is 0 Å². The molecule has 5 saturated carbocycles. The Morgan fingerprint density at radius 1 is 0.703 bits per heavy atom. The van der Waals surface area contributed by atoms with E-state index in [1.54, 1.807) is 0 Å². The van der Waals surface area contributed by atoms with E-state index in [1.165, 1.54) is 6.92 Å². The molecule has 364 valence electrons. The van der Waals surface area contributed by atoms with Crippen molar-refractivity contribution in [2.45, 2.75) is 210 Å². The number of carbonyl (C=O) groups is 2. The van der Waals surface area contributed by atoms with Gasteiger partial charge in [0.15, 0.2) is 18.9 Å². The molecular weight excluding hydrogens is 837 g/mol. The van der Waals surface area contributed by atoms with Crippen LogP contribution < -0.4 is 0 Å². The molecule has 4 saturated heterocycles. The molecule has 5 aliphatic carbocycles. The number of ether oxygens (including phenoxy) is 7. The van der Waals surface area contributed by atoms with Gasteiger partial charge in [-0.1, -0.05) is 41.5 Å². The Bertz CT molecular complexity index is 1780. The first-order valence-electron chi connectivity index (χ1n) is 23.9. The summed E-state index contributed by atoms with van der Waals surface area (Å²) in [6.07, 6.45) is -12.4. The first-order valence-corrected chi connectivity index (χ1v) is 23.9. The monoisotopic (exact) mass is 910 g/mol. The summed E-state index contributed by atoms with van der Waals surface area (Å²) in [5, 5.41) is 85.8. The van der Waals surface area contributed by atoms with Crippen molar-refractivity contribution in [3.63, 3.8) is 0 Å². The molecular formula is C47H74O17. The van der Waals surface area contributed by atoms with E-state index in [4.69, 9.17) is 33.2 Å². The van der Waals surface area contributed by atoms with Crippen LogP contribution in [0, 0.1) is 50.2 Å². The van der Waals surface area contributed by atoms with Crippen LogP contribution in [0.1, 0.15) is 113 Å². The molecule has 0 amide bonds. The Hall–Kier alpha value is -1.26. The van der Waals surface area contributed by atoms with Gasteiger partial charge in [-0.15, -0.1) is 0 Å². The van der Waals surface area contributed by atoms with Crippen LogP contribution in [0.15, 0.2) is 0 Å². The number of aldehydes is 1. The number of aliphatic hydroxyl groups excluding tert-OH is 8. The van der Waals surface area contributed by atoms with Gasteiger partial charge in [0.2, 0.25) is 0 Å². The second kappa shape index (κ2) is 16.2. The Morgan fingerprint density at radius 3 is 2.11 bits per heavy atom. The number of fused-ring (bicyclic) bond motifs is 4. The highest BCUT2D eigenvalue weighted by molar-refractivity contribution is 5.89. The molecule has 0 aromatic carbocycles. The van der Waals surface area contributed by atoms with E-state index in [2.05, 4.69) is 41.5 Å². The van der Waals surface area contributed by atoms with Crippen LogP contribution in [-0.4, -0.2) is 170 Å². The smallest absolute Gasteiger partial charge is 0.187 e. The number of hydrogen-bond donors (Lipinski definition) is 8. The van der Waals surface area contributed by atoms with Crippen LogP contribution >= 0.6 is 0 Å². The molecule has 2 bridgehead atoms. The van der Waals surface area contributed by atoms with Crippen molar-refractivity contribution in [1.29, 1.82) is 0 Å². The highest BCUT2D eigenvalue weighted by atomic mass is 16.8. The van der Waals surface area contributed by atoms with Crippen LogP contribution in [0.2, 0.25) is 0 Å². The van der Waals surface area contributed by atoms with Gasteiger partial charge in [-0.25, -0.2) is 0 Å². The third-order valence-corrected chi connectivity index (χ3v) is 19.9. The Kier molecular flexibility index (Phi) is 12.1. The van der Waals surface area contributed by atoms with Gasteiger partial charge < -0.3 is 78.8 Å². The quantitative estimate of drug-likeness (QED) is 0.124. The van der Waals surface area contributed by atoms with E-state index in [9.17, 15) is 50.4 Å². The lowest BCUT2D eigenvalue weighted by Crippen LogP contribution is -2.73. The molecule has 17 heteroatoms. The van der Waals surface area contributed by atoms with Crippen LogP contribution in [0.3, 0.4) is 0 Å². The summed E-state index contributed by atoms with van der Waals surface area (Å²) in [6.45, 7) is 14.6. The SMILES string of the molecule is C[C@@H]1O[C@@H](O[C@H]2[C@H](O[C@H]3CO[C@@H](O[C@H]4CC[C@]5(C)[C@H]6CC[C@]78OC[C@@]9(CC[C@](C)(C=O)C[C@H]97)C(=O)C[C@@]8(C)[C@]6(C)CC[C@H]5C4(C)C)[C@H](O)[C@H]3O)O[C@H](CO)[C@@H](O)[C@@H]2O)[C@H](O)[C@H](O)[C@H]1O. The maximum atomic E-state index is 14.5. The zero-order valence-corrected chi connectivity index (χ0v) is 38.4. The molecule has 9 rings (SSSR count). The normalized spacial score (nSPS) is 58.1. The lowest BCUT2D eigenvalue weighted by molar-refractivity contribution is -0.382. The van der Waals surface area contributed by atoms with Crippen molar-refractivity contribution < 1.29 is 83.6 Å². The van der Waals surface area contributed by atoms with Crippen molar-refractivity contribution in [2.75, 3.05) is 19.8 Å². The number of rotatable bonds is 8. The molecule has 0 radical (unpaired) electrons. The highest BCUT2D eigenvalue weighted by Gasteiger charge is 2.80. The maximum Gasteiger partial charge on any atom is 0.187 e. The molecule has 8 N–H and O–H groups in total. The highest BCUT2D eigenvalue weighted by Crippen LogP contribution is 2.80. The average molecular weight is 911 g/mol. The van der Waals surface area contributed by atoms with E-state index in [0.717, 1.165) is 44.8 Å². The minimum atomic E-state index is -1.76. The molecule has 0 aromatic heterocycles. The summed E-state index contributed by atoms with van der Waals surface area (Å²) >= 11 is 0. The fraction of sp³-hybridized carbons (Fsp3) is 0.957. The molecule has 17 nitrogen and oxygen atoms in total. The lowest BCUT2D eigenvalue weighted by atomic mass is 9.30. The second-order valence-corrected chi connectivity index (χ2v) is 23.2. The Balaban J connectivity index is 0.883. The fourth-order valence-corrected chi connectivity index (χ4v) is 15.9. The summed E-state index contributed by atoms with van der Waals surface area (Å²) in [7, 11) is 0. The first-order chi connectivity index (χ1) is 30.0. The fourth-order valence-electron chi connectivity index (χ4n) is 15.9. The van der Waals surface area contributed by atoms with Gasteiger partial charge in [-0.2, -0.15) is 0 Å². The number of aliphatic hydroxyl groups is 8. The first kappa shape index (κ1) is 47.8. The molecule has 64 heavy (non-hydrogen) atoms. The summed E-state index contributed by atoms with van der Waals surface area (Å²) in [5.74, 6) is 0.893. The average Bonchev–Trinajstić information content (AvgIpc) is 3.53. The predicted octanol–water partition coefficient (Wildman–Crippen LogP) is 0.879. The van der Waals surface area contributed by atoms with E-state index >= 15 is 0 Å². The van der Waals surface area contributed by atoms with Crippen molar-refractivity contribution in [2.24, 2.45) is 50.2 Å². The Morgan fingerprint density at radius 2 is 1.41 bits per heavy atom. The molecule has 9 fully saturated rings. The molecule has 4 heterocycles. The van der Waals surface area contributed by atoms with Crippen LogP contribution in [0.25, 0.3) is 0 Å². The molecule has 9 aliphatic rings. The summed E-state index contributed by atoms with van der Waals surface area (Å²) < 4.78 is 43.0. The second-order valence-electron chi connectivity index (χ2n) is 23.2. The van der Waals surface area contributed by atoms with Gasteiger partial charge in [-0.05, 0) is 92.8 Å². The van der Waals surface area contributed by atoms with Crippen molar-refractivity contribution in [3.8, 4) is 0 Å². The third-order valence-electron chi connectivity index (χ3n) is 19.9. The van der Waals surface area contributed by atoms with Crippen molar-refractivity contribution in [1.82, 2.24) is 0 Å². The van der Waals surface area contributed by atoms with Crippen LogP contribution in [-0.2, 0) is 42.7 Å². The molecule has 0 aromatic rings. The van der Waals surface area contributed by atoms with Crippen molar-refractivity contribution >= 4 is 12.1 Å². The molecule has 1 spiro atoms. The van der Waals surface area contributed by atoms with Gasteiger partial charge in [0.1, 0.15) is 73.1 Å². The third kappa shape index (κ3) is 6.64. The van der Waals surface area contributed by atoms with E-state index in [1.807, 2.05) is 0 Å². The minimum Gasteiger partial charge on any atom is -0.394 e. The molecule has 4 aliphatic heterocycles. The van der Waals surface area contributed by atoms with E-state index < -0.39 is 114 Å². The minimum absolute atomic E-state index is 0.0307. The lowest BCUT2D eigenvalue weighted by Gasteiger charge is -2.74. The van der Waals surface area contributed by atoms with Crippen molar-refractivity contribution in [3.05, 3.63) is 0 Å². The summed E-state index contributed by atoms with van der Waals surface area (Å²) in [5.41, 5.74) is -2.46. The predicted molar refractivity (Wildman–Crippen MR) is 222 cm³/mol. The van der Waals surface area contributed by atoms with Gasteiger partial charge in [0.05, 0.1) is 43.0 Å². The van der Waals surface area contributed by atoms with Crippen LogP contribution in [0.4, 0.5) is 0 Å². The van der Waals surface area contributed by atoms with Gasteiger partial charge >= 0.3 is 0 Å². The zero-order chi connectivity index (χ0) is 46.3. The number of carbonyl (C=O) groups excluding carboxylic acids is 2. The van der Waals surface area contributed by atoms with Gasteiger partial charge in [-0.3, -0.25) is 4.79 Å². The van der Waals surface area contributed by atoms with E-state index in [-0.39, 0.29) is 40.8 Å².